The zero-order valence-corrected chi connectivity index (χ0v) is 15.3. The van der Waals surface area contributed by atoms with Gasteiger partial charge in [0.25, 0.3) is 0 Å². The van der Waals surface area contributed by atoms with Crippen molar-refractivity contribution in [1.29, 1.82) is 0 Å². The van der Waals surface area contributed by atoms with E-state index in [9.17, 15) is 0 Å². The summed E-state index contributed by atoms with van der Waals surface area (Å²) in [4.78, 5) is 11.3. The number of benzene rings is 1. The van der Waals surface area contributed by atoms with Crippen molar-refractivity contribution in [3.63, 3.8) is 0 Å². The summed E-state index contributed by atoms with van der Waals surface area (Å²) >= 11 is 0. The molecule has 2 fully saturated rings. The van der Waals surface area contributed by atoms with E-state index in [1.54, 1.807) is 12.4 Å². The van der Waals surface area contributed by atoms with Crippen molar-refractivity contribution >= 4 is 10.9 Å². The van der Waals surface area contributed by atoms with Gasteiger partial charge >= 0.3 is 0 Å². The Bertz CT molecular complexity index is 925. The number of ether oxygens (including phenoxy) is 2. The maximum Gasteiger partial charge on any atom is 0.137 e. The predicted octanol–water partition coefficient (Wildman–Crippen LogP) is 3.30. The van der Waals surface area contributed by atoms with Crippen LogP contribution in [-0.2, 0) is 11.3 Å². The van der Waals surface area contributed by atoms with Crippen LogP contribution in [0.4, 0.5) is 0 Å². The fourth-order valence-corrected chi connectivity index (χ4v) is 4.25. The summed E-state index contributed by atoms with van der Waals surface area (Å²) in [6, 6.07) is 16.4. The van der Waals surface area contributed by atoms with E-state index in [0.717, 1.165) is 49.6 Å². The van der Waals surface area contributed by atoms with Crippen molar-refractivity contribution in [2.75, 3.05) is 26.3 Å². The van der Waals surface area contributed by atoms with E-state index in [0.29, 0.717) is 12.5 Å². The van der Waals surface area contributed by atoms with Crippen molar-refractivity contribution in [2.45, 2.75) is 18.6 Å². The number of likely N-dealkylation sites (tertiary alicyclic amines) is 1. The van der Waals surface area contributed by atoms with Crippen LogP contribution < -0.4 is 4.74 Å². The number of hydrogen-bond acceptors (Lipinski definition) is 5. The minimum absolute atomic E-state index is 0.0565. The van der Waals surface area contributed by atoms with Crippen LogP contribution in [0.1, 0.15) is 12.1 Å². The minimum atomic E-state index is -0.0565. The molecule has 1 aromatic carbocycles. The van der Waals surface area contributed by atoms with Crippen LogP contribution in [0.2, 0.25) is 0 Å². The fraction of sp³-hybridized carbons (Fsp3) is 0.364. The van der Waals surface area contributed by atoms with Crippen LogP contribution in [0.5, 0.6) is 5.75 Å². The number of hydrogen-bond donors (Lipinski definition) is 0. The highest BCUT2D eigenvalue weighted by Crippen LogP contribution is 2.40. The summed E-state index contributed by atoms with van der Waals surface area (Å²) in [5.74, 6) is 1.26. The highest BCUT2D eigenvalue weighted by Gasteiger charge is 2.53. The lowest BCUT2D eigenvalue weighted by molar-refractivity contribution is -0.141. The first-order valence-corrected chi connectivity index (χ1v) is 9.55. The second-order valence-corrected chi connectivity index (χ2v) is 7.54. The molecule has 0 unspecified atom stereocenters. The molecule has 2 aliphatic heterocycles. The molecule has 0 bridgehead atoms. The molecule has 2 aromatic heterocycles. The minimum Gasteiger partial charge on any atom is -0.492 e. The van der Waals surface area contributed by atoms with E-state index in [2.05, 4.69) is 34.1 Å². The number of pyridine rings is 2. The van der Waals surface area contributed by atoms with Crippen molar-refractivity contribution in [2.24, 2.45) is 5.92 Å². The summed E-state index contributed by atoms with van der Waals surface area (Å²) in [5.41, 5.74) is 2.12. The number of fused-ring (bicyclic) bond motifs is 1. The van der Waals surface area contributed by atoms with Crippen molar-refractivity contribution in [1.82, 2.24) is 14.9 Å². The van der Waals surface area contributed by atoms with Crippen LogP contribution >= 0.6 is 0 Å². The first kappa shape index (κ1) is 16.7. The van der Waals surface area contributed by atoms with E-state index in [1.165, 1.54) is 5.39 Å². The quantitative estimate of drug-likeness (QED) is 0.698. The Kier molecular flexibility index (Phi) is 4.26. The predicted molar refractivity (Wildman–Crippen MR) is 104 cm³/mol. The maximum absolute atomic E-state index is 6.16. The van der Waals surface area contributed by atoms with Gasteiger partial charge in [-0.1, -0.05) is 24.3 Å². The summed E-state index contributed by atoms with van der Waals surface area (Å²) in [6.45, 7) is 4.27. The zero-order chi connectivity index (χ0) is 18.1. The second kappa shape index (κ2) is 6.91. The van der Waals surface area contributed by atoms with Gasteiger partial charge in [0.05, 0.1) is 29.6 Å². The SMILES string of the molecule is c1cncc(OC[C@@H]2CCOC23CN(Cc2ccc4ccccc4n2)C3)c1. The van der Waals surface area contributed by atoms with Gasteiger partial charge in [0, 0.05) is 43.7 Å². The molecule has 138 valence electrons. The smallest absolute Gasteiger partial charge is 0.137 e. The van der Waals surface area contributed by atoms with Gasteiger partial charge in [-0.25, -0.2) is 0 Å². The molecule has 0 radical (unpaired) electrons. The molecule has 3 aromatic rings. The lowest BCUT2D eigenvalue weighted by Crippen LogP contribution is -2.64. The standard InChI is InChI=1S/C22H23N3O2/c1-2-6-21-17(4-1)7-8-19(24-21)13-25-15-22(16-25)18(9-11-27-22)14-26-20-5-3-10-23-12-20/h1-8,10,12,18H,9,11,13-16H2/t18-/m0/s1. The number of nitrogens with zero attached hydrogens (tertiary/aromatic N) is 3. The molecular formula is C22H23N3O2. The molecule has 1 spiro atoms. The van der Waals surface area contributed by atoms with Gasteiger partial charge in [-0.2, -0.15) is 0 Å². The van der Waals surface area contributed by atoms with Gasteiger partial charge in [-0.05, 0) is 30.7 Å². The molecule has 5 heteroatoms. The lowest BCUT2D eigenvalue weighted by atomic mass is 9.81. The number of rotatable bonds is 5. The molecule has 5 nitrogen and oxygen atoms in total. The number of para-hydroxylation sites is 1. The molecule has 0 saturated carbocycles. The highest BCUT2D eigenvalue weighted by atomic mass is 16.5. The van der Waals surface area contributed by atoms with Gasteiger partial charge in [0.2, 0.25) is 0 Å². The number of aromatic nitrogens is 2. The maximum atomic E-state index is 6.16. The molecule has 5 rings (SSSR count). The highest BCUT2D eigenvalue weighted by molar-refractivity contribution is 5.78. The van der Waals surface area contributed by atoms with Crippen molar-refractivity contribution in [3.8, 4) is 5.75 Å². The van der Waals surface area contributed by atoms with E-state index in [1.807, 2.05) is 24.3 Å². The Morgan fingerprint density at radius 1 is 1.11 bits per heavy atom. The molecule has 0 aliphatic carbocycles. The summed E-state index contributed by atoms with van der Waals surface area (Å²) < 4.78 is 12.1. The first-order valence-electron chi connectivity index (χ1n) is 9.55. The molecule has 2 aliphatic rings. The summed E-state index contributed by atoms with van der Waals surface area (Å²) in [7, 11) is 0. The average Bonchev–Trinajstić information content (AvgIpc) is 3.11. The molecule has 0 amide bonds. The molecule has 2 saturated heterocycles. The molecule has 0 N–H and O–H groups in total. The first-order chi connectivity index (χ1) is 13.3. The van der Waals surface area contributed by atoms with Gasteiger partial charge in [-0.15, -0.1) is 0 Å². The summed E-state index contributed by atoms with van der Waals surface area (Å²) in [6.07, 6.45) is 4.58. The van der Waals surface area contributed by atoms with Crippen LogP contribution in [0, 0.1) is 5.92 Å². The Balaban J connectivity index is 1.20. The average molecular weight is 361 g/mol. The van der Waals surface area contributed by atoms with E-state index in [4.69, 9.17) is 14.5 Å². The van der Waals surface area contributed by atoms with Crippen LogP contribution in [0.15, 0.2) is 60.9 Å². The monoisotopic (exact) mass is 361 g/mol. The van der Waals surface area contributed by atoms with E-state index in [-0.39, 0.29) is 5.60 Å². The Hall–Kier alpha value is -2.50. The van der Waals surface area contributed by atoms with Crippen molar-refractivity contribution in [3.05, 3.63) is 66.6 Å². The second-order valence-electron chi connectivity index (χ2n) is 7.54. The lowest BCUT2D eigenvalue weighted by Gasteiger charge is -2.50. The van der Waals surface area contributed by atoms with Crippen LogP contribution in [-0.4, -0.2) is 46.8 Å². The fourth-order valence-electron chi connectivity index (χ4n) is 4.25. The molecule has 4 heterocycles. The van der Waals surface area contributed by atoms with E-state index < -0.39 is 0 Å². The normalized spacial score (nSPS) is 21.4. The zero-order valence-electron chi connectivity index (χ0n) is 15.3. The third kappa shape index (κ3) is 3.29. The van der Waals surface area contributed by atoms with Crippen molar-refractivity contribution < 1.29 is 9.47 Å². The van der Waals surface area contributed by atoms with Crippen LogP contribution in [0.25, 0.3) is 10.9 Å². The topological polar surface area (TPSA) is 47.5 Å². The molecule has 27 heavy (non-hydrogen) atoms. The Morgan fingerprint density at radius 3 is 2.93 bits per heavy atom. The third-order valence-electron chi connectivity index (χ3n) is 5.71. The molecule has 1 atom stereocenters. The Labute approximate surface area is 159 Å². The van der Waals surface area contributed by atoms with Gasteiger partial charge in [-0.3, -0.25) is 14.9 Å². The van der Waals surface area contributed by atoms with Gasteiger partial charge in [0.15, 0.2) is 0 Å². The largest absolute Gasteiger partial charge is 0.492 e. The van der Waals surface area contributed by atoms with Gasteiger partial charge in [0.1, 0.15) is 5.75 Å². The van der Waals surface area contributed by atoms with Gasteiger partial charge < -0.3 is 9.47 Å². The third-order valence-corrected chi connectivity index (χ3v) is 5.71. The Morgan fingerprint density at radius 2 is 2.04 bits per heavy atom. The molecular weight excluding hydrogens is 338 g/mol. The van der Waals surface area contributed by atoms with E-state index >= 15 is 0 Å². The summed E-state index contributed by atoms with van der Waals surface area (Å²) in [5, 5.41) is 1.19. The van der Waals surface area contributed by atoms with Crippen LogP contribution in [0.3, 0.4) is 0 Å².